The summed E-state index contributed by atoms with van der Waals surface area (Å²) in [6.07, 6.45) is 0.0984. The van der Waals surface area contributed by atoms with Crippen LogP contribution < -0.4 is 0 Å². The Hall–Kier alpha value is -0.860. The van der Waals surface area contributed by atoms with Crippen molar-refractivity contribution in [1.29, 1.82) is 0 Å². The lowest BCUT2D eigenvalue weighted by molar-refractivity contribution is -0.0748. The Morgan fingerprint density at radius 2 is 1.64 bits per heavy atom. The number of hydrogen-bond donors (Lipinski definition) is 1. The summed E-state index contributed by atoms with van der Waals surface area (Å²) in [7, 11) is 1.48. The van der Waals surface area contributed by atoms with Gasteiger partial charge in [-0.1, -0.05) is 31.2 Å². The van der Waals surface area contributed by atoms with Crippen molar-refractivity contribution in [2.24, 2.45) is 0 Å². The van der Waals surface area contributed by atoms with Crippen LogP contribution in [0.25, 0.3) is 0 Å². The van der Waals surface area contributed by atoms with Crippen LogP contribution in [0.2, 0.25) is 0 Å². The van der Waals surface area contributed by atoms with Crippen LogP contribution >= 0.6 is 0 Å². The zero-order valence-corrected chi connectivity index (χ0v) is 9.45. The number of aliphatic hydroxyl groups excluding tert-OH is 1. The highest BCUT2D eigenvalue weighted by molar-refractivity contribution is 5.23. The Labute approximate surface area is 86.5 Å². The van der Waals surface area contributed by atoms with Crippen molar-refractivity contribution in [3.8, 4) is 0 Å². The van der Waals surface area contributed by atoms with Crippen molar-refractivity contribution < 1.29 is 9.84 Å². The number of ether oxygens (including phenoxy) is 1. The Bertz CT molecular complexity index is 221. The number of aliphatic hydroxyl groups is 1. The van der Waals surface area contributed by atoms with Crippen molar-refractivity contribution in [3.05, 3.63) is 35.4 Å². The topological polar surface area (TPSA) is 29.5 Å². The quantitative estimate of drug-likeness (QED) is 0.737. The van der Waals surface area contributed by atoms with Crippen LogP contribution in [0.5, 0.6) is 0 Å². The summed E-state index contributed by atoms with van der Waals surface area (Å²) in [6, 6.07) is 8.36. The van der Waals surface area contributed by atoms with Crippen LogP contribution in [0.15, 0.2) is 24.3 Å². The summed E-state index contributed by atoms with van der Waals surface area (Å²) < 4.78 is 4.45. The van der Waals surface area contributed by atoms with Crippen molar-refractivity contribution >= 4 is 0 Å². The van der Waals surface area contributed by atoms with E-state index in [0.717, 1.165) is 0 Å². The molecule has 0 heterocycles. The monoisotopic (exact) mass is 196 g/mol. The Balaban J connectivity index is 0.000000255. The molecule has 0 saturated heterocycles. The third-order valence-corrected chi connectivity index (χ3v) is 2.05. The average Bonchev–Trinajstić information content (AvgIpc) is 2.22. The number of benzene rings is 1. The molecule has 1 rings (SSSR count). The molecular weight excluding hydrogens is 176 g/mol. The van der Waals surface area contributed by atoms with Gasteiger partial charge in [0.05, 0.1) is 0 Å². The predicted molar refractivity (Wildman–Crippen MR) is 59.2 cm³/mol. The van der Waals surface area contributed by atoms with E-state index in [2.05, 4.69) is 42.8 Å². The molecule has 0 aliphatic heterocycles. The van der Waals surface area contributed by atoms with Crippen LogP contribution in [0, 0.1) is 13.8 Å². The molecule has 1 atom stereocenters. The van der Waals surface area contributed by atoms with Crippen LogP contribution in [-0.4, -0.2) is 18.5 Å². The first-order chi connectivity index (χ1) is 6.61. The summed E-state index contributed by atoms with van der Waals surface area (Å²) in [5.41, 5.74) is 2.74. The second-order valence-electron chi connectivity index (χ2n) is 3.18. The van der Waals surface area contributed by atoms with E-state index in [4.69, 9.17) is 5.11 Å². The van der Waals surface area contributed by atoms with Crippen LogP contribution in [0.4, 0.5) is 0 Å². The summed E-state index contributed by atoms with van der Waals surface area (Å²) in [5, 5.41) is 8.44. The zero-order chi connectivity index (χ0) is 11.0. The van der Waals surface area contributed by atoms with E-state index in [1.807, 2.05) is 6.92 Å². The van der Waals surface area contributed by atoms with E-state index in [9.17, 15) is 0 Å². The molecule has 0 fully saturated rings. The molecule has 2 nitrogen and oxygen atoms in total. The number of aryl methyl sites for hydroxylation is 2. The summed E-state index contributed by atoms with van der Waals surface area (Å²) in [6.45, 7) is 6.10. The summed E-state index contributed by atoms with van der Waals surface area (Å²) >= 11 is 0. The minimum atomic E-state index is -0.565. The lowest BCUT2D eigenvalue weighted by Gasteiger charge is -2.00. The largest absolute Gasteiger partial charge is 0.368 e. The highest BCUT2D eigenvalue weighted by Crippen LogP contribution is 2.02. The van der Waals surface area contributed by atoms with Gasteiger partial charge in [-0.2, -0.15) is 0 Å². The highest BCUT2D eigenvalue weighted by Gasteiger charge is 1.90. The van der Waals surface area contributed by atoms with Gasteiger partial charge in [0.15, 0.2) is 6.29 Å². The third-order valence-electron chi connectivity index (χ3n) is 2.05. The molecule has 1 aromatic rings. The van der Waals surface area contributed by atoms with Crippen molar-refractivity contribution in [1.82, 2.24) is 0 Å². The van der Waals surface area contributed by atoms with Gasteiger partial charge in [-0.05, 0) is 31.4 Å². The maximum atomic E-state index is 8.44. The maximum absolute atomic E-state index is 8.44. The van der Waals surface area contributed by atoms with Gasteiger partial charge >= 0.3 is 0 Å². The maximum Gasteiger partial charge on any atom is 0.153 e. The lowest BCUT2D eigenvalue weighted by Crippen LogP contribution is -2.05. The predicted octanol–water partition coefficient (Wildman–Crippen LogP) is 2.66. The molecule has 1 N–H and O–H groups in total. The Morgan fingerprint density at radius 1 is 1.21 bits per heavy atom. The molecule has 0 bridgehead atoms. The number of hydrogen-bond acceptors (Lipinski definition) is 2. The molecule has 0 amide bonds. The standard InChI is InChI=1S/C8H10.C4H10O2/c1-7-5-3-4-6-8(7)2;1-3-4(5)6-2/h3-6H,1-2H3;4-5H,3H2,1-2H3. The molecule has 0 aliphatic carbocycles. The molecule has 2 heteroatoms. The Kier molecular flexibility index (Phi) is 7.07. The fraction of sp³-hybridized carbons (Fsp3) is 0.500. The van der Waals surface area contributed by atoms with Crippen molar-refractivity contribution in [3.63, 3.8) is 0 Å². The lowest BCUT2D eigenvalue weighted by atomic mass is 10.1. The van der Waals surface area contributed by atoms with Crippen LogP contribution in [0.3, 0.4) is 0 Å². The summed E-state index contributed by atoms with van der Waals surface area (Å²) in [4.78, 5) is 0. The van der Waals surface area contributed by atoms with E-state index in [-0.39, 0.29) is 0 Å². The minimum Gasteiger partial charge on any atom is -0.368 e. The first-order valence-electron chi connectivity index (χ1n) is 4.84. The number of methoxy groups -OCH3 is 1. The summed E-state index contributed by atoms with van der Waals surface area (Å²) in [5.74, 6) is 0. The molecule has 0 spiro atoms. The first-order valence-corrected chi connectivity index (χ1v) is 4.84. The van der Waals surface area contributed by atoms with Gasteiger partial charge in [0, 0.05) is 7.11 Å². The highest BCUT2D eigenvalue weighted by atomic mass is 16.6. The third kappa shape index (κ3) is 5.73. The smallest absolute Gasteiger partial charge is 0.153 e. The van der Waals surface area contributed by atoms with Gasteiger partial charge in [-0.25, -0.2) is 0 Å². The van der Waals surface area contributed by atoms with Gasteiger partial charge in [0.25, 0.3) is 0 Å². The molecule has 0 aromatic heterocycles. The average molecular weight is 196 g/mol. The molecule has 14 heavy (non-hydrogen) atoms. The van der Waals surface area contributed by atoms with E-state index < -0.39 is 6.29 Å². The van der Waals surface area contributed by atoms with Gasteiger partial charge in [-0.15, -0.1) is 0 Å². The molecule has 0 radical (unpaired) electrons. The van der Waals surface area contributed by atoms with E-state index in [1.165, 1.54) is 18.2 Å². The normalized spacial score (nSPS) is 11.5. The van der Waals surface area contributed by atoms with E-state index in [0.29, 0.717) is 6.42 Å². The molecule has 1 unspecified atom stereocenters. The fourth-order valence-electron chi connectivity index (χ4n) is 0.829. The second-order valence-corrected chi connectivity index (χ2v) is 3.18. The molecule has 0 saturated carbocycles. The van der Waals surface area contributed by atoms with E-state index in [1.54, 1.807) is 0 Å². The van der Waals surface area contributed by atoms with E-state index >= 15 is 0 Å². The molecule has 80 valence electrons. The van der Waals surface area contributed by atoms with Gasteiger partial charge in [0.2, 0.25) is 0 Å². The van der Waals surface area contributed by atoms with Gasteiger partial charge < -0.3 is 9.84 Å². The fourth-order valence-corrected chi connectivity index (χ4v) is 0.829. The minimum absolute atomic E-state index is 0.565. The second kappa shape index (κ2) is 7.54. The van der Waals surface area contributed by atoms with Crippen LogP contribution in [-0.2, 0) is 4.74 Å². The van der Waals surface area contributed by atoms with Crippen molar-refractivity contribution in [2.75, 3.05) is 7.11 Å². The van der Waals surface area contributed by atoms with Crippen molar-refractivity contribution in [2.45, 2.75) is 33.5 Å². The Morgan fingerprint density at radius 3 is 1.79 bits per heavy atom. The number of rotatable bonds is 2. The van der Waals surface area contributed by atoms with Crippen LogP contribution in [0.1, 0.15) is 24.5 Å². The zero-order valence-electron chi connectivity index (χ0n) is 9.45. The van der Waals surface area contributed by atoms with Gasteiger partial charge in [-0.3, -0.25) is 0 Å². The molecule has 0 aliphatic rings. The first kappa shape index (κ1) is 13.1. The molecular formula is C12H20O2. The van der Waals surface area contributed by atoms with Gasteiger partial charge in [0.1, 0.15) is 0 Å². The molecule has 1 aromatic carbocycles. The SMILES string of the molecule is CCC(O)OC.Cc1ccccc1C.